The number of phenols is 6. The smallest absolute Gasteiger partial charge is 0.171 e. The summed E-state index contributed by atoms with van der Waals surface area (Å²) >= 11 is 0. The van der Waals surface area contributed by atoms with E-state index in [2.05, 4.69) is 0 Å². The van der Waals surface area contributed by atoms with Crippen LogP contribution >= 0.6 is 7.14 Å². The molecule has 0 atom stereocenters. The molecule has 0 heterocycles. The van der Waals surface area contributed by atoms with E-state index in [4.69, 9.17) is 0 Å². The van der Waals surface area contributed by atoms with E-state index in [1.807, 2.05) is 0 Å². The molecule has 0 radical (unpaired) electrons. The maximum absolute atomic E-state index is 15.3. The van der Waals surface area contributed by atoms with Crippen molar-refractivity contribution in [2.75, 3.05) is 0 Å². The van der Waals surface area contributed by atoms with E-state index in [1.54, 1.807) is 109 Å². The van der Waals surface area contributed by atoms with Gasteiger partial charge in [-0.25, -0.2) is 0 Å². The first-order valence-corrected chi connectivity index (χ1v) is 15.3. The van der Waals surface area contributed by atoms with E-state index in [9.17, 15) is 30.6 Å². The van der Waals surface area contributed by atoms with Crippen LogP contribution in [0.25, 0.3) is 33.4 Å². The second kappa shape index (κ2) is 11.2. The van der Waals surface area contributed by atoms with Crippen molar-refractivity contribution in [1.29, 1.82) is 0 Å². The molecule has 0 aliphatic heterocycles. The zero-order valence-corrected chi connectivity index (χ0v) is 24.1. The fraction of sp³-hybridized carbons (Fsp3) is 0. The van der Waals surface area contributed by atoms with Crippen molar-refractivity contribution in [3.05, 3.63) is 127 Å². The van der Waals surface area contributed by atoms with E-state index in [0.717, 1.165) is 0 Å². The Kier molecular flexibility index (Phi) is 7.25. The lowest BCUT2D eigenvalue weighted by molar-refractivity contribution is 0.405. The molecule has 0 fully saturated rings. The summed E-state index contributed by atoms with van der Waals surface area (Å²) in [7, 11) is -3.51. The predicted octanol–water partition coefficient (Wildman–Crippen LogP) is 6.56. The molecule has 6 N–H and O–H groups in total. The maximum Gasteiger partial charge on any atom is 0.171 e. The summed E-state index contributed by atoms with van der Waals surface area (Å²) in [5.41, 5.74) is 3.15. The van der Waals surface area contributed by atoms with Crippen LogP contribution in [-0.4, -0.2) is 30.6 Å². The van der Waals surface area contributed by atoms with Crippen molar-refractivity contribution in [1.82, 2.24) is 0 Å². The number of para-hydroxylation sites is 3. The SMILES string of the molecule is O=P(c1ccc(-c2cccc(O)c2O)cc1)(c1ccc(-c2cccc(O)c2O)cc1)c1ccc(-c2cccc(O)c2O)cc1. The Hall–Kier alpha value is -5.65. The standard InChI is InChI=1S/C36H27O7P/c37-31-7-1-4-28(34(31)40)22-10-16-25(17-11-22)44(43,26-18-12-23(13-19-26)29-5-2-8-32(38)35(29)41)27-20-14-24(15-21-27)30-6-3-9-33(39)36(30)42/h1-21,37-42H. The van der Waals surface area contributed by atoms with Gasteiger partial charge >= 0.3 is 0 Å². The molecule has 0 saturated carbocycles. The molecule has 0 aliphatic rings. The fourth-order valence-corrected chi connectivity index (χ4v) is 7.89. The summed E-state index contributed by atoms with van der Waals surface area (Å²) < 4.78 is 15.3. The minimum atomic E-state index is -3.51. The molecule has 7 nitrogen and oxygen atoms in total. The van der Waals surface area contributed by atoms with Gasteiger partial charge in [0, 0.05) is 32.6 Å². The van der Waals surface area contributed by atoms with Gasteiger partial charge in [-0.15, -0.1) is 0 Å². The van der Waals surface area contributed by atoms with Gasteiger partial charge in [-0.1, -0.05) is 109 Å². The molecule has 0 bridgehead atoms. The minimum Gasteiger partial charge on any atom is -0.504 e. The number of hydrogen-bond donors (Lipinski definition) is 6. The van der Waals surface area contributed by atoms with Gasteiger partial charge < -0.3 is 35.2 Å². The van der Waals surface area contributed by atoms with Crippen LogP contribution in [0.15, 0.2) is 127 Å². The van der Waals surface area contributed by atoms with E-state index < -0.39 is 7.14 Å². The average Bonchev–Trinajstić information content (AvgIpc) is 3.05. The first kappa shape index (κ1) is 28.5. The Labute approximate surface area is 253 Å². The van der Waals surface area contributed by atoms with Crippen LogP contribution in [0.1, 0.15) is 0 Å². The Bertz CT molecular complexity index is 1800. The highest BCUT2D eigenvalue weighted by atomic mass is 31.2. The lowest BCUT2D eigenvalue weighted by Crippen LogP contribution is -2.25. The van der Waals surface area contributed by atoms with Gasteiger partial charge in [0.1, 0.15) is 0 Å². The van der Waals surface area contributed by atoms with Gasteiger partial charge in [-0.2, -0.15) is 0 Å². The number of hydrogen-bond acceptors (Lipinski definition) is 7. The van der Waals surface area contributed by atoms with Crippen molar-refractivity contribution in [3.8, 4) is 67.9 Å². The number of rotatable bonds is 6. The van der Waals surface area contributed by atoms with Gasteiger partial charge in [-0.05, 0) is 34.9 Å². The van der Waals surface area contributed by atoms with E-state index >= 15 is 4.57 Å². The third kappa shape index (κ3) is 4.89. The van der Waals surface area contributed by atoms with Gasteiger partial charge in [0.15, 0.2) is 41.6 Å². The molecular formula is C36H27O7P. The monoisotopic (exact) mass is 602 g/mol. The topological polar surface area (TPSA) is 138 Å². The molecule has 218 valence electrons. The van der Waals surface area contributed by atoms with Crippen LogP contribution in [-0.2, 0) is 4.57 Å². The highest BCUT2D eigenvalue weighted by Crippen LogP contribution is 2.45. The zero-order valence-electron chi connectivity index (χ0n) is 23.2. The summed E-state index contributed by atoms with van der Waals surface area (Å²) in [6, 6.07) is 34.8. The molecule has 0 saturated heterocycles. The van der Waals surface area contributed by atoms with Gasteiger partial charge in [0.2, 0.25) is 0 Å². The Morgan fingerprint density at radius 3 is 0.841 bits per heavy atom. The molecule has 8 heteroatoms. The highest BCUT2D eigenvalue weighted by molar-refractivity contribution is 7.85. The molecule has 6 aromatic rings. The first-order valence-electron chi connectivity index (χ1n) is 13.6. The van der Waals surface area contributed by atoms with Crippen molar-refractivity contribution in [2.45, 2.75) is 0 Å². The summed E-state index contributed by atoms with van der Waals surface area (Å²) in [5, 5.41) is 62.6. The van der Waals surface area contributed by atoms with E-state index in [-0.39, 0.29) is 34.5 Å². The maximum atomic E-state index is 15.3. The van der Waals surface area contributed by atoms with Crippen LogP contribution < -0.4 is 15.9 Å². The normalized spacial score (nSPS) is 11.4. The zero-order chi connectivity index (χ0) is 31.0. The Morgan fingerprint density at radius 1 is 0.341 bits per heavy atom. The van der Waals surface area contributed by atoms with E-state index in [1.165, 1.54) is 18.2 Å². The molecular weight excluding hydrogens is 575 g/mol. The van der Waals surface area contributed by atoms with Crippen molar-refractivity contribution in [2.24, 2.45) is 0 Å². The summed E-state index contributed by atoms with van der Waals surface area (Å²) in [5.74, 6) is -1.48. The van der Waals surface area contributed by atoms with Crippen molar-refractivity contribution in [3.63, 3.8) is 0 Å². The quantitative estimate of drug-likeness (QED) is 0.0938. The molecule has 0 amide bonds. The van der Waals surface area contributed by atoms with Crippen LogP contribution in [0.4, 0.5) is 0 Å². The van der Waals surface area contributed by atoms with Crippen LogP contribution in [0.2, 0.25) is 0 Å². The van der Waals surface area contributed by atoms with Gasteiger partial charge in [0.05, 0.1) is 0 Å². The molecule has 0 aliphatic carbocycles. The lowest BCUT2D eigenvalue weighted by atomic mass is 10.0. The third-order valence-electron chi connectivity index (χ3n) is 7.67. The molecule has 6 aromatic carbocycles. The van der Waals surface area contributed by atoms with Crippen LogP contribution in [0, 0.1) is 0 Å². The second-order valence-electron chi connectivity index (χ2n) is 10.3. The van der Waals surface area contributed by atoms with Crippen molar-refractivity contribution >= 4 is 23.1 Å². The second-order valence-corrected chi connectivity index (χ2v) is 13.0. The Balaban J connectivity index is 1.46. The van der Waals surface area contributed by atoms with Crippen LogP contribution in [0.3, 0.4) is 0 Å². The first-order chi connectivity index (χ1) is 21.2. The van der Waals surface area contributed by atoms with Gasteiger partial charge in [0.25, 0.3) is 0 Å². The molecule has 0 spiro atoms. The molecule has 0 aromatic heterocycles. The van der Waals surface area contributed by atoms with Crippen LogP contribution in [0.5, 0.6) is 34.5 Å². The average molecular weight is 603 g/mol. The van der Waals surface area contributed by atoms with E-state index in [0.29, 0.717) is 49.3 Å². The largest absolute Gasteiger partial charge is 0.504 e. The molecule has 0 unspecified atom stereocenters. The minimum absolute atomic E-state index is 0.243. The Morgan fingerprint density at radius 2 is 0.591 bits per heavy atom. The highest BCUT2D eigenvalue weighted by Gasteiger charge is 2.30. The third-order valence-corrected chi connectivity index (χ3v) is 10.7. The summed E-state index contributed by atoms with van der Waals surface area (Å²) in [6.45, 7) is 0. The lowest BCUT2D eigenvalue weighted by Gasteiger charge is -2.21. The fourth-order valence-electron chi connectivity index (χ4n) is 5.29. The molecule has 6 rings (SSSR count). The van der Waals surface area contributed by atoms with Gasteiger partial charge in [-0.3, -0.25) is 0 Å². The number of benzene rings is 6. The molecule has 44 heavy (non-hydrogen) atoms. The number of aromatic hydroxyl groups is 6. The van der Waals surface area contributed by atoms with Crippen molar-refractivity contribution < 1.29 is 35.2 Å². The summed E-state index contributed by atoms with van der Waals surface area (Å²) in [6.07, 6.45) is 0. The predicted molar refractivity (Wildman–Crippen MR) is 172 cm³/mol. The summed E-state index contributed by atoms with van der Waals surface area (Å²) in [4.78, 5) is 0. The number of phenolic OH excluding ortho intramolecular Hbond substituents is 6.